The highest BCUT2D eigenvalue weighted by atomic mass is 35.5. The van der Waals surface area contributed by atoms with Crippen LogP contribution in [0.1, 0.15) is 12.0 Å². The second kappa shape index (κ2) is 6.84. The third-order valence-corrected chi connectivity index (χ3v) is 4.20. The average molecular weight is 329 g/mol. The molecule has 0 aliphatic carbocycles. The van der Waals surface area contributed by atoms with Crippen molar-refractivity contribution in [2.45, 2.75) is 13.0 Å². The van der Waals surface area contributed by atoms with Crippen LogP contribution >= 0.6 is 11.6 Å². The zero-order valence-corrected chi connectivity index (χ0v) is 13.3. The van der Waals surface area contributed by atoms with Gasteiger partial charge in [-0.05, 0) is 29.8 Å². The molecule has 2 aromatic rings. The Balaban J connectivity index is 1.58. The van der Waals surface area contributed by atoms with Crippen LogP contribution in [0.2, 0.25) is 5.02 Å². The summed E-state index contributed by atoms with van der Waals surface area (Å²) >= 11 is 5.84. The van der Waals surface area contributed by atoms with E-state index in [0.717, 1.165) is 11.3 Å². The number of hydrogen-bond acceptors (Lipinski definition) is 2. The molecule has 1 aliphatic rings. The van der Waals surface area contributed by atoms with E-state index in [0.29, 0.717) is 18.1 Å². The van der Waals surface area contributed by atoms with Crippen LogP contribution in [-0.2, 0) is 16.1 Å². The lowest BCUT2D eigenvalue weighted by Gasteiger charge is -2.16. The van der Waals surface area contributed by atoms with Gasteiger partial charge < -0.3 is 10.2 Å². The van der Waals surface area contributed by atoms with Crippen LogP contribution in [0.4, 0.5) is 5.69 Å². The molecule has 1 fully saturated rings. The number of para-hydroxylation sites is 1. The van der Waals surface area contributed by atoms with E-state index in [2.05, 4.69) is 5.32 Å². The lowest BCUT2D eigenvalue weighted by atomic mass is 10.1. The predicted octanol–water partition coefficient (Wildman–Crippen LogP) is 3.01. The summed E-state index contributed by atoms with van der Waals surface area (Å²) in [5, 5.41) is 3.56. The van der Waals surface area contributed by atoms with Crippen LogP contribution in [-0.4, -0.2) is 18.4 Å². The molecule has 0 spiro atoms. The molecule has 0 bridgehead atoms. The Morgan fingerprint density at radius 1 is 1.13 bits per heavy atom. The quantitative estimate of drug-likeness (QED) is 0.938. The van der Waals surface area contributed by atoms with Crippen LogP contribution in [0.3, 0.4) is 0 Å². The summed E-state index contributed by atoms with van der Waals surface area (Å²) in [5.41, 5.74) is 1.82. The highest BCUT2D eigenvalue weighted by molar-refractivity contribution is 6.30. The molecule has 0 aromatic heterocycles. The number of hydrogen-bond donors (Lipinski definition) is 1. The third-order valence-electron chi connectivity index (χ3n) is 3.94. The lowest BCUT2D eigenvalue weighted by Crippen LogP contribution is -2.32. The first-order valence-corrected chi connectivity index (χ1v) is 7.89. The highest BCUT2D eigenvalue weighted by Crippen LogP contribution is 2.24. The molecule has 4 nitrogen and oxygen atoms in total. The second-order valence-electron chi connectivity index (χ2n) is 5.59. The molecule has 1 N–H and O–H groups in total. The fourth-order valence-corrected chi connectivity index (χ4v) is 2.80. The first kappa shape index (κ1) is 15.6. The molecule has 23 heavy (non-hydrogen) atoms. The molecule has 1 aliphatic heterocycles. The van der Waals surface area contributed by atoms with E-state index in [4.69, 9.17) is 11.6 Å². The van der Waals surface area contributed by atoms with Gasteiger partial charge in [0.1, 0.15) is 0 Å². The first-order chi connectivity index (χ1) is 11.1. The van der Waals surface area contributed by atoms with Gasteiger partial charge in [-0.3, -0.25) is 9.59 Å². The maximum Gasteiger partial charge on any atom is 0.227 e. The summed E-state index contributed by atoms with van der Waals surface area (Å²) < 4.78 is 0. The van der Waals surface area contributed by atoms with Gasteiger partial charge in [0.15, 0.2) is 0 Å². The summed E-state index contributed by atoms with van der Waals surface area (Å²) in [7, 11) is 0. The number of benzene rings is 2. The maximum absolute atomic E-state index is 12.3. The Kier molecular flexibility index (Phi) is 4.63. The molecule has 3 rings (SSSR count). The minimum absolute atomic E-state index is 0.0113. The van der Waals surface area contributed by atoms with Gasteiger partial charge in [-0.2, -0.15) is 0 Å². The lowest BCUT2D eigenvalue weighted by molar-refractivity contribution is -0.126. The third kappa shape index (κ3) is 3.71. The highest BCUT2D eigenvalue weighted by Gasteiger charge is 2.34. The van der Waals surface area contributed by atoms with E-state index in [1.165, 1.54) is 0 Å². The van der Waals surface area contributed by atoms with Crippen LogP contribution in [0, 0.1) is 5.92 Å². The minimum atomic E-state index is -0.310. The van der Waals surface area contributed by atoms with E-state index in [-0.39, 0.29) is 24.2 Å². The zero-order valence-electron chi connectivity index (χ0n) is 12.5. The molecule has 2 aromatic carbocycles. The topological polar surface area (TPSA) is 49.4 Å². The number of anilines is 1. The van der Waals surface area contributed by atoms with Gasteiger partial charge in [0.05, 0.1) is 5.92 Å². The Labute approximate surface area is 140 Å². The number of amides is 2. The Morgan fingerprint density at radius 2 is 1.83 bits per heavy atom. The molecule has 1 atom stereocenters. The standard InChI is InChI=1S/C18H17ClN2O2/c19-15-8-6-13(7-9-15)11-20-18(23)14-10-17(22)21(12-14)16-4-2-1-3-5-16/h1-9,14H,10-12H2,(H,20,23). The van der Waals surface area contributed by atoms with E-state index < -0.39 is 0 Å². The number of carbonyl (C=O) groups is 2. The van der Waals surface area contributed by atoms with Gasteiger partial charge in [0.25, 0.3) is 0 Å². The van der Waals surface area contributed by atoms with Crippen molar-refractivity contribution in [2.24, 2.45) is 5.92 Å². The molecule has 2 amide bonds. The first-order valence-electron chi connectivity index (χ1n) is 7.51. The van der Waals surface area contributed by atoms with Crippen molar-refractivity contribution in [3.05, 3.63) is 65.2 Å². The second-order valence-corrected chi connectivity index (χ2v) is 6.02. The van der Waals surface area contributed by atoms with Crippen molar-refractivity contribution in [3.8, 4) is 0 Å². The fraction of sp³-hybridized carbons (Fsp3) is 0.222. The Bertz CT molecular complexity index is 701. The number of carbonyl (C=O) groups excluding carboxylic acids is 2. The molecule has 0 saturated carbocycles. The van der Waals surface area contributed by atoms with Crippen LogP contribution in [0.15, 0.2) is 54.6 Å². The summed E-state index contributed by atoms with van der Waals surface area (Å²) in [5.74, 6) is -0.412. The van der Waals surface area contributed by atoms with Crippen molar-refractivity contribution < 1.29 is 9.59 Å². The largest absolute Gasteiger partial charge is 0.352 e. The smallest absolute Gasteiger partial charge is 0.227 e. The zero-order chi connectivity index (χ0) is 16.2. The minimum Gasteiger partial charge on any atom is -0.352 e. The van der Waals surface area contributed by atoms with Crippen LogP contribution in [0.5, 0.6) is 0 Å². The molecule has 118 valence electrons. The van der Waals surface area contributed by atoms with Crippen LogP contribution in [0.25, 0.3) is 0 Å². The van der Waals surface area contributed by atoms with Gasteiger partial charge >= 0.3 is 0 Å². The van der Waals surface area contributed by atoms with Crippen LogP contribution < -0.4 is 10.2 Å². The summed E-state index contributed by atoms with van der Waals surface area (Å²) in [6.45, 7) is 0.862. The van der Waals surface area contributed by atoms with Crippen molar-refractivity contribution >= 4 is 29.1 Å². The Hall–Kier alpha value is -2.33. The van der Waals surface area contributed by atoms with E-state index in [1.807, 2.05) is 42.5 Å². The van der Waals surface area contributed by atoms with Crippen molar-refractivity contribution in [2.75, 3.05) is 11.4 Å². The summed E-state index contributed by atoms with van der Waals surface area (Å²) in [6, 6.07) is 16.8. The Morgan fingerprint density at radius 3 is 2.52 bits per heavy atom. The predicted molar refractivity (Wildman–Crippen MR) is 90.2 cm³/mol. The monoisotopic (exact) mass is 328 g/mol. The SMILES string of the molecule is O=C(NCc1ccc(Cl)cc1)C1CC(=O)N(c2ccccc2)C1. The fourth-order valence-electron chi connectivity index (χ4n) is 2.68. The molecule has 1 unspecified atom stereocenters. The number of nitrogens with zero attached hydrogens (tertiary/aromatic N) is 1. The molecular formula is C18H17ClN2O2. The van der Waals surface area contributed by atoms with E-state index in [1.54, 1.807) is 17.0 Å². The van der Waals surface area contributed by atoms with Crippen molar-refractivity contribution in [3.63, 3.8) is 0 Å². The van der Waals surface area contributed by atoms with Gasteiger partial charge in [0.2, 0.25) is 11.8 Å². The van der Waals surface area contributed by atoms with Crippen molar-refractivity contribution in [1.29, 1.82) is 0 Å². The summed E-state index contributed by atoms with van der Waals surface area (Å²) in [6.07, 6.45) is 0.251. The maximum atomic E-state index is 12.3. The van der Waals surface area contributed by atoms with Gasteiger partial charge in [0, 0.05) is 30.2 Å². The summed E-state index contributed by atoms with van der Waals surface area (Å²) in [4.78, 5) is 26.1. The van der Waals surface area contributed by atoms with Gasteiger partial charge in [-0.1, -0.05) is 41.9 Å². The van der Waals surface area contributed by atoms with Crippen molar-refractivity contribution in [1.82, 2.24) is 5.32 Å². The molecular weight excluding hydrogens is 312 g/mol. The van der Waals surface area contributed by atoms with E-state index in [9.17, 15) is 9.59 Å². The number of rotatable bonds is 4. The normalized spacial score (nSPS) is 17.3. The average Bonchev–Trinajstić information content (AvgIpc) is 2.97. The molecule has 1 heterocycles. The molecule has 0 radical (unpaired) electrons. The molecule has 5 heteroatoms. The van der Waals surface area contributed by atoms with E-state index >= 15 is 0 Å². The van der Waals surface area contributed by atoms with Gasteiger partial charge in [-0.25, -0.2) is 0 Å². The van der Waals surface area contributed by atoms with Gasteiger partial charge in [-0.15, -0.1) is 0 Å². The number of halogens is 1. The number of nitrogens with one attached hydrogen (secondary N) is 1. The molecule has 1 saturated heterocycles.